The monoisotopic (exact) mass is 241 g/mol. The summed E-state index contributed by atoms with van der Waals surface area (Å²) in [6.45, 7) is 5.72. The highest BCUT2D eigenvalue weighted by molar-refractivity contribution is 7.17. The average molecular weight is 241 g/mol. The number of carboxylic acids is 1. The number of nitrogens with zero attached hydrogens (tertiary/aromatic N) is 1. The number of hydrogen-bond acceptors (Lipinski definition) is 4. The van der Waals surface area contributed by atoms with E-state index in [4.69, 9.17) is 9.84 Å². The van der Waals surface area contributed by atoms with Crippen LogP contribution >= 0.6 is 11.3 Å². The third-order valence-corrected chi connectivity index (χ3v) is 3.67. The highest BCUT2D eigenvalue weighted by atomic mass is 32.1. The van der Waals surface area contributed by atoms with Crippen molar-refractivity contribution >= 4 is 22.3 Å². The Balaban J connectivity index is 2.13. The lowest BCUT2D eigenvalue weighted by atomic mass is 10.2. The van der Waals surface area contributed by atoms with E-state index in [2.05, 4.69) is 4.90 Å². The summed E-state index contributed by atoms with van der Waals surface area (Å²) in [6.07, 6.45) is 0.387. The zero-order chi connectivity index (χ0) is 11.7. The molecule has 1 fully saturated rings. The van der Waals surface area contributed by atoms with Crippen molar-refractivity contribution in [3.63, 3.8) is 0 Å². The van der Waals surface area contributed by atoms with Crippen molar-refractivity contribution in [2.75, 3.05) is 18.0 Å². The second kappa shape index (κ2) is 4.43. The van der Waals surface area contributed by atoms with Gasteiger partial charge < -0.3 is 14.7 Å². The average Bonchev–Trinajstić information content (AvgIpc) is 2.64. The van der Waals surface area contributed by atoms with Crippen LogP contribution in [0, 0.1) is 0 Å². The molecule has 1 aliphatic rings. The lowest BCUT2D eigenvalue weighted by Crippen LogP contribution is -2.45. The van der Waals surface area contributed by atoms with E-state index in [0.29, 0.717) is 4.88 Å². The van der Waals surface area contributed by atoms with E-state index in [-0.39, 0.29) is 12.2 Å². The van der Waals surface area contributed by atoms with Crippen molar-refractivity contribution in [3.8, 4) is 0 Å². The number of aromatic carboxylic acids is 1. The van der Waals surface area contributed by atoms with Crippen LogP contribution in [0.2, 0.25) is 0 Å². The number of thiophene rings is 1. The Morgan fingerprint density at radius 1 is 1.44 bits per heavy atom. The number of carboxylic acid groups (broad SMARTS) is 1. The van der Waals surface area contributed by atoms with Crippen LogP contribution in [0.25, 0.3) is 0 Å². The Labute approximate surface area is 98.4 Å². The molecule has 2 rings (SSSR count). The molecule has 2 heterocycles. The van der Waals surface area contributed by atoms with E-state index in [9.17, 15) is 4.79 Å². The molecule has 0 bridgehead atoms. The van der Waals surface area contributed by atoms with Crippen LogP contribution in [0.1, 0.15) is 23.5 Å². The highest BCUT2D eigenvalue weighted by Crippen LogP contribution is 2.28. The fraction of sp³-hybridized carbons (Fsp3) is 0.545. The van der Waals surface area contributed by atoms with Crippen molar-refractivity contribution in [1.82, 2.24) is 0 Å². The van der Waals surface area contributed by atoms with Crippen molar-refractivity contribution in [1.29, 1.82) is 0 Å². The molecule has 1 N–H and O–H groups in total. The third-order valence-electron chi connectivity index (χ3n) is 2.53. The first-order chi connectivity index (χ1) is 7.56. The molecule has 1 aromatic rings. The maximum Gasteiger partial charge on any atom is 0.345 e. The molecule has 4 nitrogen and oxygen atoms in total. The molecule has 88 valence electrons. The molecule has 2 unspecified atom stereocenters. The Bertz CT molecular complexity index is 380. The van der Waals surface area contributed by atoms with Crippen LogP contribution in [-0.2, 0) is 4.74 Å². The Morgan fingerprint density at radius 3 is 2.56 bits per heavy atom. The second-order valence-corrected chi connectivity index (χ2v) is 5.17. The molecule has 0 spiro atoms. The molecule has 2 atom stereocenters. The number of rotatable bonds is 2. The van der Waals surface area contributed by atoms with Gasteiger partial charge in [-0.15, -0.1) is 11.3 Å². The van der Waals surface area contributed by atoms with Gasteiger partial charge in [-0.3, -0.25) is 0 Å². The molecule has 0 radical (unpaired) electrons. The van der Waals surface area contributed by atoms with Gasteiger partial charge in [0.25, 0.3) is 0 Å². The first-order valence-corrected chi connectivity index (χ1v) is 6.11. The molecule has 0 saturated carbocycles. The standard InChI is InChI=1S/C11H15NO3S/c1-7-5-12(6-8(2)15-7)10-4-3-9(16-10)11(13)14/h3-4,7-8H,5-6H2,1-2H3,(H,13,14). The smallest absolute Gasteiger partial charge is 0.345 e. The molecule has 0 aromatic carbocycles. The molecule has 0 aliphatic carbocycles. The van der Waals surface area contributed by atoms with Gasteiger partial charge in [0.05, 0.1) is 17.2 Å². The first kappa shape index (κ1) is 11.4. The molecule has 0 amide bonds. The van der Waals surface area contributed by atoms with Gasteiger partial charge in [0, 0.05) is 13.1 Å². The molecule has 1 aromatic heterocycles. The van der Waals surface area contributed by atoms with Crippen LogP contribution in [0.3, 0.4) is 0 Å². The van der Waals surface area contributed by atoms with E-state index in [1.165, 1.54) is 11.3 Å². The summed E-state index contributed by atoms with van der Waals surface area (Å²) in [7, 11) is 0. The maximum absolute atomic E-state index is 10.8. The fourth-order valence-corrected chi connectivity index (χ4v) is 2.83. The summed E-state index contributed by atoms with van der Waals surface area (Å²) >= 11 is 1.32. The van der Waals surface area contributed by atoms with Crippen molar-refractivity contribution in [3.05, 3.63) is 17.0 Å². The minimum absolute atomic E-state index is 0.194. The zero-order valence-electron chi connectivity index (χ0n) is 9.34. The van der Waals surface area contributed by atoms with Crippen LogP contribution < -0.4 is 4.90 Å². The molecule has 1 aliphatic heterocycles. The van der Waals surface area contributed by atoms with Crippen LogP contribution in [0.4, 0.5) is 5.00 Å². The number of hydrogen-bond donors (Lipinski definition) is 1. The predicted molar refractivity (Wildman–Crippen MR) is 63.5 cm³/mol. The fourth-order valence-electron chi connectivity index (χ4n) is 1.97. The molecule has 1 saturated heterocycles. The number of anilines is 1. The molecular formula is C11H15NO3S. The van der Waals surface area contributed by atoms with Crippen molar-refractivity contribution < 1.29 is 14.6 Å². The lowest BCUT2D eigenvalue weighted by Gasteiger charge is -2.35. The van der Waals surface area contributed by atoms with Gasteiger partial charge in [-0.1, -0.05) is 0 Å². The normalized spacial score (nSPS) is 25.8. The van der Waals surface area contributed by atoms with E-state index in [0.717, 1.165) is 18.1 Å². The summed E-state index contributed by atoms with van der Waals surface area (Å²) < 4.78 is 5.64. The van der Waals surface area contributed by atoms with Crippen LogP contribution in [0.5, 0.6) is 0 Å². The highest BCUT2D eigenvalue weighted by Gasteiger charge is 2.23. The summed E-state index contributed by atoms with van der Waals surface area (Å²) in [5.74, 6) is -0.856. The molecular weight excluding hydrogens is 226 g/mol. The van der Waals surface area contributed by atoms with Crippen molar-refractivity contribution in [2.45, 2.75) is 26.1 Å². The van der Waals surface area contributed by atoms with Gasteiger partial charge in [0.2, 0.25) is 0 Å². The minimum atomic E-state index is -0.856. The number of carbonyl (C=O) groups is 1. The van der Waals surface area contributed by atoms with E-state index >= 15 is 0 Å². The van der Waals surface area contributed by atoms with E-state index < -0.39 is 5.97 Å². The Kier molecular flexibility index (Phi) is 3.16. The van der Waals surface area contributed by atoms with Gasteiger partial charge in [0.15, 0.2) is 0 Å². The van der Waals surface area contributed by atoms with Gasteiger partial charge in [-0.2, -0.15) is 0 Å². The molecule has 16 heavy (non-hydrogen) atoms. The molecule has 5 heteroatoms. The predicted octanol–water partition coefficient (Wildman–Crippen LogP) is 2.06. The van der Waals surface area contributed by atoms with Crippen LogP contribution in [0.15, 0.2) is 12.1 Å². The van der Waals surface area contributed by atoms with E-state index in [1.807, 2.05) is 19.9 Å². The van der Waals surface area contributed by atoms with E-state index in [1.54, 1.807) is 6.07 Å². The van der Waals surface area contributed by atoms with Crippen LogP contribution in [-0.4, -0.2) is 36.4 Å². The van der Waals surface area contributed by atoms with Gasteiger partial charge in [0.1, 0.15) is 4.88 Å². The third kappa shape index (κ3) is 2.36. The summed E-state index contributed by atoms with van der Waals surface area (Å²) in [4.78, 5) is 13.4. The van der Waals surface area contributed by atoms with Gasteiger partial charge in [-0.05, 0) is 26.0 Å². The van der Waals surface area contributed by atoms with Gasteiger partial charge >= 0.3 is 5.97 Å². The SMILES string of the molecule is CC1CN(c2ccc(C(=O)O)s2)CC(C)O1. The zero-order valence-corrected chi connectivity index (χ0v) is 10.2. The van der Waals surface area contributed by atoms with Crippen molar-refractivity contribution in [2.24, 2.45) is 0 Å². The summed E-state index contributed by atoms with van der Waals surface area (Å²) in [5, 5.41) is 9.88. The number of ether oxygens (including phenoxy) is 1. The maximum atomic E-state index is 10.8. The van der Waals surface area contributed by atoms with Gasteiger partial charge in [-0.25, -0.2) is 4.79 Å². The topological polar surface area (TPSA) is 49.8 Å². The quantitative estimate of drug-likeness (QED) is 0.861. The number of morpholine rings is 1. The summed E-state index contributed by atoms with van der Waals surface area (Å²) in [5.41, 5.74) is 0. The lowest BCUT2D eigenvalue weighted by molar-refractivity contribution is -0.00500. The summed E-state index contributed by atoms with van der Waals surface area (Å²) in [6, 6.07) is 3.53. The Hall–Kier alpha value is -1.07. The minimum Gasteiger partial charge on any atom is -0.477 e. The first-order valence-electron chi connectivity index (χ1n) is 5.30. The second-order valence-electron chi connectivity index (χ2n) is 4.11. The Morgan fingerprint density at radius 2 is 2.06 bits per heavy atom. The largest absolute Gasteiger partial charge is 0.477 e.